The molecule has 0 aromatic heterocycles. The Morgan fingerprint density at radius 3 is 2.53 bits per heavy atom. The number of anilines is 1. The Morgan fingerprint density at radius 1 is 1.26 bits per heavy atom. The van der Waals surface area contributed by atoms with Crippen LogP contribution in [0.1, 0.15) is 12.8 Å². The second-order valence-corrected chi connectivity index (χ2v) is 5.20. The van der Waals surface area contributed by atoms with E-state index in [2.05, 4.69) is 9.89 Å². The number of rotatable bonds is 3. The van der Waals surface area contributed by atoms with Gasteiger partial charge in [-0.2, -0.15) is 0 Å². The molecule has 1 spiro atoms. The van der Waals surface area contributed by atoms with Crippen LogP contribution in [0.15, 0.2) is 29.3 Å². The number of hydrogen-bond acceptors (Lipinski definition) is 5. The van der Waals surface area contributed by atoms with Crippen LogP contribution in [0.2, 0.25) is 0 Å². The Morgan fingerprint density at radius 2 is 1.95 bits per heavy atom. The molecule has 2 aliphatic rings. The van der Waals surface area contributed by atoms with Gasteiger partial charge in [-0.25, -0.2) is 0 Å². The van der Waals surface area contributed by atoms with Crippen LogP contribution in [0.25, 0.3) is 0 Å². The lowest BCUT2D eigenvalue weighted by atomic mass is 9.73. The number of hydrogen-bond donors (Lipinski definition) is 1. The minimum Gasteiger partial charge on any atom is -0.497 e. The molecule has 1 aromatic rings. The van der Waals surface area contributed by atoms with E-state index in [1.165, 1.54) is 0 Å². The van der Waals surface area contributed by atoms with Crippen LogP contribution in [0.5, 0.6) is 5.75 Å². The van der Waals surface area contributed by atoms with E-state index in [0.29, 0.717) is 12.1 Å². The van der Waals surface area contributed by atoms with Crippen molar-refractivity contribution < 1.29 is 9.47 Å². The average molecular weight is 261 g/mol. The monoisotopic (exact) mass is 261 g/mol. The van der Waals surface area contributed by atoms with E-state index in [4.69, 9.17) is 15.2 Å². The lowest BCUT2D eigenvalue weighted by Gasteiger charge is -2.50. The number of ether oxygens (including phenoxy) is 2. The maximum absolute atomic E-state index is 6.06. The summed E-state index contributed by atoms with van der Waals surface area (Å²) in [4.78, 5) is 6.55. The molecular weight excluding hydrogens is 242 g/mol. The van der Waals surface area contributed by atoms with Crippen molar-refractivity contribution in [1.29, 1.82) is 0 Å². The third kappa shape index (κ3) is 1.85. The summed E-state index contributed by atoms with van der Waals surface area (Å²) in [6.45, 7) is 0.755. The number of nitrogens with zero attached hydrogens (tertiary/aromatic N) is 2. The second-order valence-electron chi connectivity index (χ2n) is 5.20. The van der Waals surface area contributed by atoms with E-state index >= 15 is 0 Å². The van der Waals surface area contributed by atoms with E-state index in [1.54, 1.807) is 14.2 Å². The minimum absolute atomic E-state index is 0.0132. The van der Waals surface area contributed by atoms with Crippen LogP contribution < -0.4 is 15.4 Å². The van der Waals surface area contributed by atoms with E-state index < -0.39 is 0 Å². The summed E-state index contributed by atoms with van der Waals surface area (Å²) in [5.41, 5.74) is 7.13. The standard InChI is InChI=1S/C14H19N3O2/c1-18-11-5-3-10(4-6-11)17-13(15)16-9-14(17)7-12(8-14)19-2/h3-6,12H,7-9H2,1-2H3,(H2,15,16). The first-order chi connectivity index (χ1) is 9.18. The van der Waals surface area contributed by atoms with Crippen molar-refractivity contribution in [2.45, 2.75) is 24.5 Å². The Bertz CT molecular complexity index is 492. The highest BCUT2D eigenvalue weighted by Gasteiger charge is 2.53. The zero-order chi connectivity index (χ0) is 13.5. The van der Waals surface area contributed by atoms with E-state index in [1.807, 2.05) is 24.3 Å². The third-order valence-corrected chi connectivity index (χ3v) is 4.12. The molecule has 1 aliphatic carbocycles. The summed E-state index contributed by atoms with van der Waals surface area (Å²) in [6, 6.07) is 7.94. The normalized spacial score (nSPS) is 29.3. The van der Waals surface area contributed by atoms with Gasteiger partial charge in [0.25, 0.3) is 0 Å². The number of nitrogens with two attached hydrogens (primary N) is 1. The Balaban J connectivity index is 1.86. The number of benzene rings is 1. The molecule has 5 heteroatoms. The van der Waals surface area contributed by atoms with Gasteiger partial charge < -0.3 is 20.1 Å². The fourth-order valence-corrected chi connectivity index (χ4v) is 3.02. The molecular formula is C14H19N3O2. The summed E-state index contributed by atoms with van der Waals surface area (Å²) in [5, 5.41) is 0. The Hall–Kier alpha value is -1.75. The predicted molar refractivity (Wildman–Crippen MR) is 74.7 cm³/mol. The summed E-state index contributed by atoms with van der Waals surface area (Å²) < 4.78 is 10.6. The van der Waals surface area contributed by atoms with Crippen molar-refractivity contribution in [2.75, 3.05) is 25.7 Å². The van der Waals surface area contributed by atoms with E-state index in [-0.39, 0.29) is 5.54 Å². The molecule has 0 unspecified atom stereocenters. The first-order valence-electron chi connectivity index (χ1n) is 6.45. The molecule has 1 heterocycles. The van der Waals surface area contributed by atoms with Gasteiger partial charge in [-0.1, -0.05) is 0 Å². The van der Waals surface area contributed by atoms with Gasteiger partial charge in [-0.05, 0) is 37.1 Å². The summed E-state index contributed by atoms with van der Waals surface area (Å²) in [7, 11) is 3.42. The largest absolute Gasteiger partial charge is 0.497 e. The van der Waals surface area contributed by atoms with Crippen LogP contribution in [0, 0.1) is 0 Å². The minimum atomic E-state index is 0.0132. The molecule has 102 valence electrons. The quantitative estimate of drug-likeness (QED) is 0.893. The number of guanidine groups is 1. The first-order valence-corrected chi connectivity index (χ1v) is 6.45. The Kier molecular flexibility index (Phi) is 2.86. The third-order valence-electron chi connectivity index (χ3n) is 4.12. The molecule has 0 bridgehead atoms. The maximum atomic E-state index is 6.06. The zero-order valence-corrected chi connectivity index (χ0v) is 11.3. The van der Waals surface area contributed by atoms with Gasteiger partial charge in [-0.3, -0.25) is 4.99 Å². The molecule has 1 aromatic carbocycles. The van der Waals surface area contributed by atoms with Gasteiger partial charge in [0.15, 0.2) is 5.96 Å². The van der Waals surface area contributed by atoms with Gasteiger partial charge in [0.05, 0.1) is 25.3 Å². The van der Waals surface area contributed by atoms with E-state index in [0.717, 1.165) is 30.8 Å². The molecule has 1 fully saturated rings. The highest BCUT2D eigenvalue weighted by Crippen LogP contribution is 2.44. The first kappa shape index (κ1) is 12.3. The van der Waals surface area contributed by atoms with Gasteiger partial charge in [0, 0.05) is 12.8 Å². The fourth-order valence-electron chi connectivity index (χ4n) is 3.02. The van der Waals surface area contributed by atoms with Crippen LogP contribution >= 0.6 is 0 Å². The van der Waals surface area contributed by atoms with Gasteiger partial charge in [-0.15, -0.1) is 0 Å². The van der Waals surface area contributed by atoms with Gasteiger partial charge >= 0.3 is 0 Å². The van der Waals surface area contributed by atoms with Crippen molar-refractivity contribution in [3.05, 3.63) is 24.3 Å². The van der Waals surface area contributed by atoms with Crippen molar-refractivity contribution in [2.24, 2.45) is 10.7 Å². The van der Waals surface area contributed by atoms with E-state index in [9.17, 15) is 0 Å². The fraction of sp³-hybridized carbons (Fsp3) is 0.500. The smallest absolute Gasteiger partial charge is 0.196 e. The molecule has 5 nitrogen and oxygen atoms in total. The molecule has 0 amide bonds. The second kappa shape index (κ2) is 4.42. The van der Waals surface area contributed by atoms with Crippen LogP contribution in [0.4, 0.5) is 5.69 Å². The molecule has 3 rings (SSSR count). The summed E-state index contributed by atoms with van der Waals surface area (Å²) in [5.74, 6) is 1.44. The molecule has 0 saturated heterocycles. The van der Waals surface area contributed by atoms with Crippen molar-refractivity contribution >= 4 is 11.6 Å². The molecule has 0 radical (unpaired) electrons. The molecule has 0 atom stereocenters. The summed E-state index contributed by atoms with van der Waals surface area (Å²) >= 11 is 0. The molecule has 2 N–H and O–H groups in total. The highest BCUT2D eigenvalue weighted by molar-refractivity contribution is 5.98. The van der Waals surface area contributed by atoms with Crippen LogP contribution in [-0.2, 0) is 4.74 Å². The van der Waals surface area contributed by atoms with Crippen molar-refractivity contribution in [1.82, 2.24) is 0 Å². The number of methoxy groups -OCH3 is 2. The lowest BCUT2D eigenvalue weighted by molar-refractivity contribution is -0.00653. The van der Waals surface area contributed by atoms with Crippen LogP contribution in [-0.4, -0.2) is 38.4 Å². The molecule has 1 aliphatic heterocycles. The van der Waals surface area contributed by atoms with Crippen molar-refractivity contribution in [3.63, 3.8) is 0 Å². The highest BCUT2D eigenvalue weighted by atomic mass is 16.5. The van der Waals surface area contributed by atoms with Gasteiger partial charge in [0.2, 0.25) is 0 Å². The number of aliphatic imine (C=N–C) groups is 1. The zero-order valence-electron chi connectivity index (χ0n) is 11.3. The Labute approximate surface area is 113 Å². The van der Waals surface area contributed by atoms with Crippen LogP contribution in [0.3, 0.4) is 0 Å². The average Bonchev–Trinajstić information content (AvgIpc) is 2.75. The van der Waals surface area contributed by atoms with Crippen molar-refractivity contribution in [3.8, 4) is 5.75 Å². The predicted octanol–water partition coefficient (Wildman–Crippen LogP) is 1.38. The van der Waals surface area contributed by atoms with Gasteiger partial charge in [0.1, 0.15) is 5.75 Å². The SMILES string of the molecule is COc1ccc(N2C(N)=NCC23CC(OC)C3)cc1. The topological polar surface area (TPSA) is 60.1 Å². The lowest BCUT2D eigenvalue weighted by Crippen LogP contribution is -2.61. The summed E-state index contributed by atoms with van der Waals surface area (Å²) in [6.07, 6.45) is 2.27. The molecule has 1 saturated carbocycles. The maximum Gasteiger partial charge on any atom is 0.196 e. The molecule has 19 heavy (non-hydrogen) atoms.